The molecule has 1 aromatic rings. The average Bonchev–Trinajstić information content (AvgIpc) is 3.22. The molecule has 0 bridgehead atoms. The maximum atomic E-state index is 5.38. The predicted molar refractivity (Wildman–Crippen MR) is 64.7 cm³/mol. The molecule has 0 atom stereocenters. The Morgan fingerprint density at radius 2 is 2.06 bits per heavy atom. The molecule has 4 heteroatoms. The lowest BCUT2D eigenvalue weighted by molar-refractivity contribution is 0.0844. The smallest absolute Gasteiger partial charge is 0.142 e. The summed E-state index contributed by atoms with van der Waals surface area (Å²) < 4.78 is 5.38. The Bertz CT molecular complexity index is 373. The van der Waals surface area contributed by atoms with Crippen LogP contribution in [0.5, 0.6) is 0 Å². The van der Waals surface area contributed by atoms with E-state index < -0.39 is 0 Å². The summed E-state index contributed by atoms with van der Waals surface area (Å²) >= 11 is 0. The summed E-state index contributed by atoms with van der Waals surface area (Å²) in [6.07, 6.45) is 6.68. The van der Waals surface area contributed by atoms with E-state index in [1.54, 1.807) is 0 Å². The quantitative estimate of drug-likeness (QED) is 0.858. The highest BCUT2D eigenvalue weighted by Crippen LogP contribution is 2.25. The molecule has 17 heavy (non-hydrogen) atoms. The van der Waals surface area contributed by atoms with E-state index in [1.807, 2.05) is 6.20 Å². The largest absolute Gasteiger partial charge is 0.381 e. The van der Waals surface area contributed by atoms with Crippen molar-refractivity contribution < 1.29 is 4.74 Å². The van der Waals surface area contributed by atoms with Gasteiger partial charge in [-0.25, -0.2) is 9.97 Å². The second kappa shape index (κ2) is 5.10. The minimum absolute atomic E-state index is 0.562. The topological polar surface area (TPSA) is 47.0 Å². The van der Waals surface area contributed by atoms with E-state index in [9.17, 15) is 0 Å². The molecule has 0 amide bonds. The van der Waals surface area contributed by atoms with Crippen molar-refractivity contribution in [3.8, 4) is 0 Å². The number of hydrogen-bond acceptors (Lipinski definition) is 4. The summed E-state index contributed by atoms with van der Waals surface area (Å²) in [5.74, 6) is 1.49. The number of nitrogens with one attached hydrogen (secondary N) is 1. The van der Waals surface area contributed by atoms with Gasteiger partial charge in [0, 0.05) is 37.1 Å². The molecular weight excluding hydrogens is 214 g/mol. The Hall–Kier alpha value is -1.00. The highest BCUT2D eigenvalue weighted by atomic mass is 16.5. The van der Waals surface area contributed by atoms with E-state index in [0.29, 0.717) is 12.0 Å². The van der Waals surface area contributed by atoms with Gasteiger partial charge >= 0.3 is 0 Å². The highest BCUT2D eigenvalue weighted by Gasteiger charge is 2.21. The molecule has 1 N–H and O–H groups in total. The van der Waals surface area contributed by atoms with Crippen LogP contribution in [0.2, 0.25) is 0 Å². The van der Waals surface area contributed by atoms with E-state index >= 15 is 0 Å². The van der Waals surface area contributed by atoms with Crippen molar-refractivity contribution in [1.29, 1.82) is 0 Å². The molecular formula is C13H19N3O. The Morgan fingerprint density at radius 3 is 2.82 bits per heavy atom. The second-order valence-electron chi connectivity index (χ2n) is 4.94. The molecule has 1 aliphatic carbocycles. The Kier molecular flexibility index (Phi) is 3.34. The van der Waals surface area contributed by atoms with Crippen LogP contribution >= 0.6 is 0 Å². The van der Waals surface area contributed by atoms with Gasteiger partial charge in [0.15, 0.2) is 0 Å². The number of aromatic nitrogens is 2. The molecule has 0 radical (unpaired) electrons. The second-order valence-corrected chi connectivity index (χ2v) is 4.94. The molecule has 2 heterocycles. The van der Waals surface area contributed by atoms with Gasteiger partial charge in [-0.05, 0) is 31.7 Å². The molecule has 0 unspecified atom stereocenters. The molecule has 3 rings (SSSR count). The third-order valence-electron chi connectivity index (χ3n) is 3.49. The zero-order valence-electron chi connectivity index (χ0n) is 10.1. The molecule has 1 saturated heterocycles. The summed E-state index contributed by atoms with van der Waals surface area (Å²) in [4.78, 5) is 9.00. The van der Waals surface area contributed by atoms with Gasteiger partial charge in [0.2, 0.25) is 0 Å². The van der Waals surface area contributed by atoms with Gasteiger partial charge in [-0.3, -0.25) is 0 Å². The zero-order valence-corrected chi connectivity index (χ0v) is 10.1. The van der Waals surface area contributed by atoms with Crippen molar-refractivity contribution in [2.75, 3.05) is 13.2 Å². The van der Waals surface area contributed by atoms with Crippen LogP contribution in [-0.4, -0.2) is 29.2 Å². The van der Waals surface area contributed by atoms with Gasteiger partial charge in [0.1, 0.15) is 5.82 Å². The lowest BCUT2D eigenvalue weighted by atomic mass is 9.96. The first-order chi connectivity index (χ1) is 8.42. The molecule has 1 aromatic heterocycles. The molecule has 92 valence electrons. The van der Waals surface area contributed by atoms with E-state index in [4.69, 9.17) is 4.74 Å². The van der Waals surface area contributed by atoms with Crippen LogP contribution in [0.15, 0.2) is 12.3 Å². The molecule has 0 aromatic carbocycles. The van der Waals surface area contributed by atoms with Gasteiger partial charge in [0.25, 0.3) is 0 Å². The van der Waals surface area contributed by atoms with Crippen molar-refractivity contribution in [1.82, 2.24) is 15.3 Å². The molecule has 1 saturated carbocycles. The Morgan fingerprint density at radius 1 is 1.24 bits per heavy atom. The summed E-state index contributed by atoms with van der Waals surface area (Å²) in [6, 6.07) is 2.77. The van der Waals surface area contributed by atoms with Crippen molar-refractivity contribution in [2.45, 2.75) is 44.2 Å². The minimum atomic E-state index is 0.562. The standard InChI is InChI=1S/C13H19N3O/c1-2-11(1)15-9-13-14-6-3-12(16-13)10-4-7-17-8-5-10/h3,6,10-11,15H,1-2,4-5,7-9H2. The fraction of sp³-hybridized carbons (Fsp3) is 0.692. The maximum absolute atomic E-state index is 5.38. The first-order valence-corrected chi connectivity index (χ1v) is 6.55. The van der Waals surface area contributed by atoms with Gasteiger partial charge < -0.3 is 10.1 Å². The Labute approximate surface area is 102 Å². The molecule has 2 fully saturated rings. The van der Waals surface area contributed by atoms with Gasteiger partial charge in [-0.1, -0.05) is 0 Å². The number of hydrogen-bond donors (Lipinski definition) is 1. The normalized spacial score (nSPS) is 21.6. The van der Waals surface area contributed by atoms with Crippen molar-refractivity contribution in [3.05, 3.63) is 23.8 Å². The van der Waals surface area contributed by atoms with Crippen LogP contribution in [0.4, 0.5) is 0 Å². The minimum Gasteiger partial charge on any atom is -0.381 e. The van der Waals surface area contributed by atoms with Crippen LogP contribution in [0.3, 0.4) is 0 Å². The maximum Gasteiger partial charge on any atom is 0.142 e. The summed E-state index contributed by atoms with van der Waals surface area (Å²) in [6.45, 7) is 2.54. The molecule has 0 spiro atoms. The van der Waals surface area contributed by atoms with Crippen LogP contribution < -0.4 is 5.32 Å². The predicted octanol–water partition coefficient (Wildman–Crippen LogP) is 1.62. The van der Waals surface area contributed by atoms with Crippen molar-refractivity contribution in [3.63, 3.8) is 0 Å². The van der Waals surface area contributed by atoms with E-state index in [1.165, 1.54) is 18.5 Å². The van der Waals surface area contributed by atoms with Crippen LogP contribution in [0, 0.1) is 0 Å². The highest BCUT2D eigenvalue weighted by molar-refractivity contribution is 5.09. The van der Waals surface area contributed by atoms with E-state index in [2.05, 4.69) is 21.4 Å². The third kappa shape index (κ3) is 3.01. The first kappa shape index (κ1) is 11.1. The van der Waals surface area contributed by atoms with Gasteiger partial charge in [-0.15, -0.1) is 0 Å². The zero-order chi connectivity index (χ0) is 11.5. The average molecular weight is 233 g/mol. The Balaban J connectivity index is 1.64. The fourth-order valence-electron chi connectivity index (χ4n) is 2.24. The van der Waals surface area contributed by atoms with E-state index in [0.717, 1.165) is 38.4 Å². The lowest BCUT2D eigenvalue weighted by Crippen LogP contribution is -2.19. The lowest BCUT2D eigenvalue weighted by Gasteiger charge is -2.21. The molecule has 2 aliphatic rings. The summed E-state index contributed by atoms with van der Waals surface area (Å²) in [5, 5.41) is 3.45. The van der Waals surface area contributed by atoms with Crippen LogP contribution in [0.25, 0.3) is 0 Å². The number of ether oxygens (including phenoxy) is 1. The van der Waals surface area contributed by atoms with Gasteiger partial charge in [0.05, 0.1) is 6.54 Å². The fourth-order valence-corrected chi connectivity index (χ4v) is 2.24. The summed E-state index contributed by atoms with van der Waals surface area (Å²) in [7, 11) is 0. The summed E-state index contributed by atoms with van der Waals surface area (Å²) in [5.41, 5.74) is 1.19. The van der Waals surface area contributed by atoms with Crippen molar-refractivity contribution in [2.24, 2.45) is 0 Å². The van der Waals surface area contributed by atoms with E-state index in [-0.39, 0.29) is 0 Å². The monoisotopic (exact) mass is 233 g/mol. The molecule has 4 nitrogen and oxygen atoms in total. The number of nitrogens with zero attached hydrogens (tertiary/aromatic N) is 2. The van der Waals surface area contributed by atoms with Crippen molar-refractivity contribution >= 4 is 0 Å². The van der Waals surface area contributed by atoms with Crippen LogP contribution in [-0.2, 0) is 11.3 Å². The third-order valence-corrected chi connectivity index (χ3v) is 3.49. The van der Waals surface area contributed by atoms with Gasteiger partial charge in [-0.2, -0.15) is 0 Å². The van der Waals surface area contributed by atoms with Crippen LogP contribution in [0.1, 0.15) is 43.1 Å². The molecule has 1 aliphatic heterocycles. The number of rotatable bonds is 4. The first-order valence-electron chi connectivity index (χ1n) is 6.55. The SMILES string of the molecule is c1cc(C2CCOCC2)nc(CNC2CC2)n1.